The monoisotopic (exact) mass is 454 g/mol. The van der Waals surface area contributed by atoms with E-state index in [1.54, 1.807) is 0 Å². The van der Waals surface area contributed by atoms with E-state index in [4.69, 9.17) is 9.84 Å². The first-order chi connectivity index (χ1) is 15.0. The lowest BCUT2D eigenvalue weighted by atomic mass is 10.1. The summed E-state index contributed by atoms with van der Waals surface area (Å²) in [6, 6.07) is 4.28. The van der Waals surface area contributed by atoms with E-state index in [1.807, 2.05) is 13.8 Å². The summed E-state index contributed by atoms with van der Waals surface area (Å²) in [6.07, 6.45) is -3.68. The highest BCUT2D eigenvalue weighted by Gasteiger charge is 2.31. The second-order valence-corrected chi connectivity index (χ2v) is 7.90. The van der Waals surface area contributed by atoms with Gasteiger partial charge in [0.1, 0.15) is 5.75 Å². The molecule has 3 aromatic rings. The minimum atomic E-state index is -4.54. The molecule has 0 aliphatic rings. The van der Waals surface area contributed by atoms with Crippen LogP contribution in [0.3, 0.4) is 0 Å². The minimum Gasteiger partial charge on any atom is -0.425 e. The van der Waals surface area contributed by atoms with Crippen molar-refractivity contribution in [1.82, 2.24) is 18.7 Å². The molecule has 2 aromatic heterocycles. The van der Waals surface area contributed by atoms with Crippen LogP contribution in [0.2, 0.25) is 0 Å². The first-order valence-corrected chi connectivity index (χ1v) is 10.2. The second kappa shape index (κ2) is 9.19. The molecular formula is C21H25F3N4O4. The van der Waals surface area contributed by atoms with E-state index in [0.717, 1.165) is 16.7 Å². The lowest BCUT2D eigenvalue weighted by Gasteiger charge is -2.13. The van der Waals surface area contributed by atoms with Gasteiger partial charge in [0, 0.05) is 26.7 Å². The van der Waals surface area contributed by atoms with Crippen molar-refractivity contribution < 1.29 is 23.0 Å². The fourth-order valence-corrected chi connectivity index (χ4v) is 3.29. The van der Waals surface area contributed by atoms with Gasteiger partial charge in [-0.2, -0.15) is 18.2 Å². The number of halogens is 3. The Bertz CT molecular complexity index is 1220. The molecule has 0 saturated carbocycles. The fourth-order valence-electron chi connectivity index (χ4n) is 3.29. The van der Waals surface area contributed by atoms with Gasteiger partial charge in [-0.3, -0.25) is 18.5 Å². The molecule has 2 heterocycles. The Kier molecular flexibility index (Phi) is 6.77. The first-order valence-electron chi connectivity index (χ1n) is 10.2. The highest BCUT2D eigenvalue weighted by atomic mass is 19.4. The molecular weight excluding hydrogens is 429 g/mol. The number of aryl methyl sites for hydroxylation is 2. The molecule has 11 heteroatoms. The van der Waals surface area contributed by atoms with Gasteiger partial charge in [-0.15, -0.1) is 0 Å². The maximum Gasteiger partial charge on any atom is 0.416 e. The third-order valence-electron chi connectivity index (χ3n) is 5.04. The molecule has 0 aliphatic heterocycles. The molecule has 32 heavy (non-hydrogen) atoms. The Morgan fingerprint density at radius 2 is 1.88 bits per heavy atom. The Hall–Kier alpha value is -3.08. The number of fused-ring (bicyclic) bond motifs is 1. The maximum atomic E-state index is 13.1. The standard InChI is InChI=1S/C21H25F3N4O4/c1-13(2)8-10-27-16-17(26(3)20(31)28(18(16)30)9-5-11-29)25-19(27)32-15-7-4-6-14(12-15)21(22,23)24/h4,6-7,12-13,29H,5,8-11H2,1-3H3. The summed E-state index contributed by atoms with van der Waals surface area (Å²) in [4.78, 5) is 30.0. The van der Waals surface area contributed by atoms with Gasteiger partial charge in [-0.25, -0.2) is 4.79 Å². The number of aromatic nitrogens is 4. The van der Waals surface area contributed by atoms with Gasteiger partial charge < -0.3 is 9.84 Å². The molecule has 0 amide bonds. The number of imidazole rings is 1. The number of nitrogens with zero attached hydrogens (tertiary/aromatic N) is 4. The zero-order chi connectivity index (χ0) is 23.6. The fraction of sp³-hybridized carbons (Fsp3) is 0.476. The van der Waals surface area contributed by atoms with Gasteiger partial charge >= 0.3 is 17.9 Å². The van der Waals surface area contributed by atoms with E-state index in [9.17, 15) is 22.8 Å². The van der Waals surface area contributed by atoms with Crippen LogP contribution in [0.1, 0.15) is 32.3 Å². The normalized spacial score (nSPS) is 12.1. The zero-order valence-electron chi connectivity index (χ0n) is 18.0. The van der Waals surface area contributed by atoms with E-state index in [-0.39, 0.29) is 48.4 Å². The number of ether oxygens (including phenoxy) is 1. The molecule has 8 nitrogen and oxygen atoms in total. The van der Waals surface area contributed by atoms with Crippen LogP contribution in [0.15, 0.2) is 33.9 Å². The number of benzene rings is 1. The van der Waals surface area contributed by atoms with Crippen molar-refractivity contribution in [3.8, 4) is 11.8 Å². The van der Waals surface area contributed by atoms with Gasteiger partial charge in [-0.05, 0) is 37.0 Å². The minimum absolute atomic E-state index is 0.0249. The van der Waals surface area contributed by atoms with Crippen LogP contribution in [0.25, 0.3) is 11.2 Å². The molecule has 0 fully saturated rings. The number of alkyl halides is 3. The molecule has 1 aromatic carbocycles. The maximum absolute atomic E-state index is 13.1. The molecule has 0 saturated heterocycles. The molecule has 1 N–H and O–H groups in total. The van der Waals surface area contributed by atoms with Gasteiger partial charge in [0.2, 0.25) is 0 Å². The number of hydrogen-bond donors (Lipinski definition) is 1. The Morgan fingerprint density at radius 1 is 1.16 bits per heavy atom. The molecule has 0 atom stereocenters. The summed E-state index contributed by atoms with van der Waals surface area (Å²) < 4.78 is 48.6. The van der Waals surface area contributed by atoms with Crippen molar-refractivity contribution in [2.24, 2.45) is 13.0 Å². The van der Waals surface area contributed by atoms with Crippen molar-refractivity contribution in [1.29, 1.82) is 0 Å². The average Bonchev–Trinajstić information content (AvgIpc) is 3.08. The topological polar surface area (TPSA) is 91.3 Å². The van der Waals surface area contributed by atoms with Crippen molar-refractivity contribution in [3.63, 3.8) is 0 Å². The van der Waals surface area contributed by atoms with E-state index in [1.165, 1.54) is 28.3 Å². The summed E-state index contributed by atoms with van der Waals surface area (Å²) in [6.45, 7) is 4.13. The number of rotatable bonds is 8. The van der Waals surface area contributed by atoms with Crippen LogP contribution in [-0.4, -0.2) is 30.4 Å². The zero-order valence-corrected chi connectivity index (χ0v) is 18.0. The summed E-state index contributed by atoms with van der Waals surface area (Å²) in [5.41, 5.74) is -1.88. The Labute approximate surface area is 181 Å². The van der Waals surface area contributed by atoms with Gasteiger partial charge in [0.15, 0.2) is 11.2 Å². The van der Waals surface area contributed by atoms with Crippen molar-refractivity contribution in [3.05, 3.63) is 50.7 Å². The molecule has 174 valence electrons. The third-order valence-corrected chi connectivity index (χ3v) is 5.04. The predicted octanol–water partition coefficient (Wildman–Crippen LogP) is 3.14. The molecule has 0 aliphatic carbocycles. The van der Waals surface area contributed by atoms with E-state index in [2.05, 4.69) is 4.98 Å². The van der Waals surface area contributed by atoms with Gasteiger partial charge in [-0.1, -0.05) is 19.9 Å². The van der Waals surface area contributed by atoms with Crippen LogP contribution in [-0.2, 0) is 26.3 Å². The molecule has 0 bridgehead atoms. The van der Waals surface area contributed by atoms with Crippen LogP contribution < -0.4 is 16.0 Å². The van der Waals surface area contributed by atoms with Crippen molar-refractivity contribution in [2.75, 3.05) is 6.61 Å². The summed E-state index contributed by atoms with van der Waals surface area (Å²) >= 11 is 0. The van der Waals surface area contributed by atoms with Gasteiger partial charge in [0.25, 0.3) is 5.56 Å². The smallest absolute Gasteiger partial charge is 0.416 e. The predicted molar refractivity (Wildman–Crippen MR) is 112 cm³/mol. The Morgan fingerprint density at radius 3 is 2.50 bits per heavy atom. The number of aliphatic hydroxyl groups is 1. The first kappa shape index (κ1) is 23.6. The molecule has 3 rings (SSSR count). The quantitative estimate of drug-likeness (QED) is 0.565. The summed E-state index contributed by atoms with van der Waals surface area (Å²) in [7, 11) is 1.45. The highest BCUT2D eigenvalue weighted by molar-refractivity contribution is 5.72. The Balaban J connectivity index is 2.18. The summed E-state index contributed by atoms with van der Waals surface area (Å²) in [5.74, 6) is 0.171. The van der Waals surface area contributed by atoms with E-state index < -0.39 is 23.0 Å². The van der Waals surface area contributed by atoms with Crippen molar-refractivity contribution in [2.45, 2.75) is 46.0 Å². The van der Waals surface area contributed by atoms with Crippen LogP contribution in [0.5, 0.6) is 11.8 Å². The lowest BCUT2D eigenvalue weighted by molar-refractivity contribution is -0.137. The van der Waals surface area contributed by atoms with Crippen LogP contribution in [0, 0.1) is 5.92 Å². The van der Waals surface area contributed by atoms with Crippen molar-refractivity contribution >= 4 is 11.2 Å². The van der Waals surface area contributed by atoms with E-state index in [0.29, 0.717) is 13.0 Å². The molecule has 0 unspecified atom stereocenters. The molecule has 0 spiro atoms. The highest BCUT2D eigenvalue weighted by Crippen LogP contribution is 2.33. The van der Waals surface area contributed by atoms with Gasteiger partial charge in [0.05, 0.1) is 5.56 Å². The lowest BCUT2D eigenvalue weighted by Crippen LogP contribution is -2.39. The van der Waals surface area contributed by atoms with Crippen LogP contribution >= 0.6 is 0 Å². The largest absolute Gasteiger partial charge is 0.425 e. The SMILES string of the molecule is CC(C)CCn1c(Oc2cccc(C(F)(F)F)c2)nc2c1c(=O)n(CCCO)c(=O)n2C. The average molecular weight is 454 g/mol. The molecule has 0 radical (unpaired) electrons. The van der Waals surface area contributed by atoms with E-state index >= 15 is 0 Å². The second-order valence-electron chi connectivity index (χ2n) is 7.90. The van der Waals surface area contributed by atoms with Crippen LogP contribution in [0.4, 0.5) is 13.2 Å². The summed E-state index contributed by atoms with van der Waals surface area (Å²) in [5, 5.41) is 9.10. The number of hydrogen-bond acceptors (Lipinski definition) is 5. The third kappa shape index (κ3) is 4.72. The number of aliphatic hydroxyl groups excluding tert-OH is 1.